The standard InChI is InChI=1S/C11H12N2S.ClH/c1-2-6-10-8(4-1)13-11(14-10)9-5-3-7-12-9;/h1-2,4,6,9,12H,3,5,7H2;1H. The summed E-state index contributed by atoms with van der Waals surface area (Å²) in [6.07, 6.45) is 2.51. The first-order chi connectivity index (χ1) is 6.93. The van der Waals surface area contributed by atoms with Crippen LogP contribution in [0.15, 0.2) is 24.3 Å². The summed E-state index contributed by atoms with van der Waals surface area (Å²) in [4.78, 5) is 4.65. The van der Waals surface area contributed by atoms with E-state index in [0.717, 1.165) is 12.1 Å². The summed E-state index contributed by atoms with van der Waals surface area (Å²) in [5.41, 5.74) is 1.14. The zero-order valence-electron chi connectivity index (χ0n) is 8.27. The van der Waals surface area contributed by atoms with Crippen molar-refractivity contribution in [2.75, 3.05) is 6.54 Å². The molecule has 1 fully saturated rings. The summed E-state index contributed by atoms with van der Waals surface area (Å²) in [7, 11) is 0. The zero-order valence-corrected chi connectivity index (χ0v) is 9.90. The maximum Gasteiger partial charge on any atom is 0.111 e. The molecule has 80 valence electrons. The van der Waals surface area contributed by atoms with Gasteiger partial charge >= 0.3 is 0 Å². The van der Waals surface area contributed by atoms with Crippen molar-refractivity contribution in [1.29, 1.82) is 0 Å². The third-order valence-corrected chi connectivity index (χ3v) is 3.82. The van der Waals surface area contributed by atoms with Gasteiger partial charge in [0.2, 0.25) is 0 Å². The molecule has 4 heteroatoms. The van der Waals surface area contributed by atoms with E-state index in [1.165, 1.54) is 22.5 Å². The highest BCUT2D eigenvalue weighted by Crippen LogP contribution is 2.30. The molecule has 3 rings (SSSR count). The quantitative estimate of drug-likeness (QED) is 0.829. The first-order valence-electron chi connectivity index (χ1n) is 5.02. The molecule has 1 aliphatic rings. The third kappa shape index (κ3) is 2.00. The fourth-order valence-electron chi connectivity index (χ4n) is 1.93. The summed E-state index contributed by atoms with van der Waals surface area (Å²) in [6.45, 7) is 1.14. The minimum absolute atomic E-state index is 0. The molecule has 2 heterocycles. The molecule has 1 saturated heterocycles. The number of fused-ring (bicyclic) bond motifs is 1. The van der Waals surface area contributed by atoms with Crippen molar-refractivity contribution < 1.29 is 0 Å². The number of aromatic nitrogens is 1. The van der Waals surface area contributed by atoms with Crippen LogP contribution in [0.4, 0.5) is 0 Å². The van der Waals surface area contributed by atoms with E-state index in [4.69, 9.17) is 0 Å². The van der Waals surface area contributed by atoms with Crippen LogP contribution in [0, 0.1) is 0 Å². The molecule has 0 spiro atoms. The molecule has 2 nitrogen and oxygen atoms in total. The van der Waals surface area contributed by atoms with Crippen LogP contribution in [0.3, 0.4) is 0 Å². The van der Waals surface area contributed by atoms with Crippen LogP contribution in [0.5, 0.6) is 0 Å². The summed E-state index contributed by atoms with van der Waals surface area (Å²) in [5.74, 6) is 0. The first kappa shape index (κ1) is 10.9. The predicted octanol–water partition coefficient (Wildman–Crippen LogP) is 3.14. The molecule has 1 atom stereocenters. The molecule has 0 amide bonds. The van der Waals surface area contributed by atoms with Crippen molar-refractivity contribution >= 4 is 34.0 Å². The Morgan fingerprint density at radius 3 is 2.93 bits per heavy atom. The number of halogens is 1. The smallest absolute Gasteiger partial charge is 0.111 e. The summed E-state index contributed by atoms with van der Waals surface area (Å²) in [6, 6.07) is 8.86. The Balaban J connectivity index is 0.000000853. The van der Waals surface area contributed by atoms with Crippen LogP contribution in [0.25, 0.3) is 10.2 Å². The zero-order chi connectivity index (χ0) is 9.38. The van der Waals surface area contributed by atoms with Gasteiger partial charge in [0.05, 0.1) is 16.3 Å². The Morgan fingerprint density at radius 1 is 1.33 bits per heavy atom. The van der Waals surface area contributed by atoms with Crippen LogP contribution >= 0.6 is 23.7 Å². The van der Waals surface area contributed by atoms with Gasteiger partial charge in [-0.1, -0.05) is 12.1 Å². The Labute approximate surface area is 99.1 Å². The van der Waals surface area contributed by atoms with Gasteiger partial charge in [0, 0.05) is 0 Å². The van der Waals surface area contributed by atoms with E-state index < -0.39 is 0 Å². The lowest BCUT2D eigenvalue weighted by molar-refractivity contribution is 0.644. The molecule has 1 aliphatic heterocycles. The molecular weight excluding hydrogens is 228 g/mol. The summed E-state index contributed by atoms with van der Waals surface area (Å²) in [5, 5.41) is 4.74. The number of nitrogens with one attached hydrogen (secondary N) is 1. The summed E-state index contributed by atoms with van der Waals surface area (Å²) >= 11 is 1.82. The Bertz CT molecular complexity index is 416. The Kier molecular flexibility index (Phi) is 3.24. The first-order valence-corrected chi connectivity index (χ1v) is 5.84. The van der Waals surface area contributed by atoms with Gasteiger partial charge in [0.15, 0.2) is 0 Å². The minimum atomic E-state index is 0. The van der Waals surface area contributed by atoms with E-state index in [1.807, 2.05) is 17.4 Å². The highest BCUT2D eigenvalue weighted by molar-refractivity contribution is 7.18. The topological polar surface area (TPSA) is 24.9 Å². The lowest BCUT2D eigenvalue weighted by Gasteiger charge is -2.03. The van der Waals surface area contributed by atoms with Crippen molar-refractivity contribution in [3.63, 3.8) is 0 Å². The molecule has 15 heavy (non-hydrogen) atoms. The lowest BCUT2D eigenvalue weighted by Crippen LogP contribution is -2.12. The number of hydrogen-bond donors (Lipinski definition) is 1. The highest BCUT2D eigenvalue weighted by atomic mass is 35.5. The normalized spacial score (nSPS) is 20.4. The second-order valence-corrected chi connectivity index (χ2v) is 4.73. The molecule has 0 saturated carbocycles. The molecule has 0 radical (unpaired) electrons. The fraction of sp³-hybridized carbons (Fsp3) is 0.364. The van der Waals surface area contributed by atoms with Crippen LogP contribution in [0.1, 0.15) is 23.9 Å². The number of rotatable bonds is 1. The molecule has 1 aromatic carbocycles. The van der Waals surface area contributed by atoms with E-state index in [-0.39, 0.29) is 12.4 Å². The lowest BCUT2D eigenvalue weighted by atomic mass is 10.2. The average Bonchev–Trinajstić information content (AvgIpc) is 2.86. The van der Waals surface area contributed by atoms with Crippen LogP contribution in [0.2, 0.25) is 0 Å². The number of para-hydroxylation sites is 1. The van der Waals surface area contributed by atoms with Crippen molar-refractivity contribution in [1.82, 2.24) is 10.3 Å². The molecular formula is C11H13ClN2S. The van der Waals surface area contributed by atoms with Gasteiger partial charge in [-0.15, -0.1) is 23.7 Å². The van der Waals surface area contributed by atoms with E-state index in [1.54, 1.807) is 0 Å². The maximum absolute atomic E-state index is 4.65. The van der Waals surface area contributed by atoms with Gasteiger partial charge in [0.1, 0.15) is 5.01 Å². The maximum atomic E-state index is 4.65. The molecule has 0 aliphatic carbocycles. The molecule has 1 aromatic heterocycles. The molecule has 2 aromatic rings. The van der Waals surface area contributed by atoms with E-state index in [9.17, 15) is 0 Å². The van der Waals surface area contributed by atoms with Gasteiger partial charge in [-0.05, 0) is 31.5 Å². The van der Waals surface area contributed by atoms with Crippen LogP contribution in [-0.2, 0) is 0 Å². The predicted molar refractivity (Wildman–Crippen MR) is 66.8 cm³/mol. The minimum Gasteiger partial charge on any atom is -0.308 e. The van der Waals surface area contributed by atoms with Gasteiger partial charge in [-0.25, -0.2) is 4.98 Å². The van der Waals surface area contributed by atoms with E-state index in [2.05, 4.69) is 28.5 Å². The SMILES string of the molecule is Cl.c1ccc2sc(C3CCCN3)nc2c1. The third-order valence-electron chi connectivity index (χ3n) is 2.67. The van der Waals surface area contributed by atoms with Crippen molar-refractivity contribution in [3.05, 3.63) is 29.3 Å². The van der Waals surface area contributed by atoms with Gasteiger partial charge in [0.25, 0.3) is 0 Å². The second-order valence-electron chi connectivity index (χ2n) is 3.67. The van der Waals surface area contributed by atoms with Gasteiger partial charge < -0.3 is 5.32 Å². The van der Waals surface area contributed by atoms with Crippen molar-refractivity contribution in [3.8, 4) is 0 Å². The van der Waals surface area contributed by atoms with Gasteiger partial charge in [-0.3, -0.25) is 0 Å². The highest BCUT2D eigenvalue weighted by Gasteiger charge is 2.19. The largest absolute Gasteiger partial charge is 0.308 e. The average molecular weight is 241 g/mol. The van der Waals surface area contributed by atoms with E-state index >= 15 is 0 Å². The van der Waals surface area contributed by atoms with Crippen molar-refractivity contribution in [2.45, 2.75) is 18.9 Å². The monoisotopic (exact) mass is 240 g/mol. The number of nitrogens with zero attached hydrogens (tertiary/aromatic N) is 1. The summed E-state index contributed by atoms with van der Waals surface area (Å²) < 4.78 is 1.30. The Morgan fingerprint density at radius 2 is 2.20 bits per heavy atom. The molecule has 1 unspecified atom stereocenters. The van der Waals surface area contributed by atoms with Gasteiger partial charge in [-0.2, -0.15) is 0 Å². The fourth-order valence-corrected chi connectivity index (χ4v) is 3.01. The number of thiazole rings is 1. The Hall–Kier alpha value is -0.640. The van der Waals surface area contributed by atoms with E-state index in [0.29, 0.717) is 6.04 Å². The molecule has 1 N–H and O–H groups in total. The molecule has 0 bridgehead atoms. The van der Waals surface area contributed by atoms with Crippen LogP contribution < -0.4 is 5.32 Å². The number of hydrogen-bond acceptors (Lipinski definition) is 3. The number of benzene rings is 1. The van der Waals surface area contributed by atoms with Crippen molar-refractivity contribution in [2.24, 2.45) is 0 Å². The second kappa shape index (κ2) is 4.47. The van der Waals surface area contributed by atoms with Crippen LogP contribution in [-0.4, -0.2) is 11.5 Å².